The van der Waals surface area contributed by atoms with Crippen LogP contribution in [0.15, 0.2) is 24.3 Å². The number of benzene rings is 1. The van der Waals surface area contributed by atoms with E-state index in [2.05, 4.69) is 101 Å². The first-order chi connectivity index (χ1) is 21.4. The second kappa shape index (κ2) is 17.6. The van der Waals surface area contributed by atoms with Crippen LogP contribution < -0.4 is 4.74 Å². The molecule has 0 unspecified atom stereocenters. The van der Waals surface area contributed by atoms with Gasteiger partial charge in [-0.15, -0.1) is 0 Å². The third-order valence-corrected chi connectivity index (χ3v) is 20.8. The van der Waals surface area contributed by atoms with Gasteiger partial charge in [0.25, 0.3) is 0 Å². The summed E-state index contributed by atoms with van der Waals surface area (Å²) in [5.74, 6) is 1.45. The van der Waals surface area contributed by atoms with Crippen molar-refractivity contribution in [3.8, 4) is 5.75 Å². The molecule has 6 nitrogen and oxygen atoms in total. The lowest BCUT2D eigenvalue weighted by atomic mass is 9.77. The number of rotatable bonds is 18. The van der Waals surface area contributed by atoms with Gasteiger partial charge in [-0.2, -0.15) is 0 Å². The predicted molar refractivity (Wildman–Crippen MR) is 196 cm³/mol. The normalized spacial score (nSPS) is 25.3. The molecule has 1 aromatic rings. The summed E-state index contributed by atoms with van der Waals surface area (Å²) in [7, 11) is -2.20. The molecular weight excluding hydrogens is 609 g/mol. The van der Waals surface area contributed by atoms with Gasteiger partial charge in [0, 0.05) is 29.4 Å². The molecule has 266 valence electrons. The first-order valence-electron chi connectivity index (χ1n) is 18.2. The average molecular weight is 679 g/mol. The lowest BCUT2D eigenvalue weighted by molar-refractivity contribution is -0.295. The topological polar surface area (TPSA) is 63.2 Å². The van der Waals surface area contributed by atoms with Gasteiger partial charge in [-0.05, 0) is 73.1 Å². The molecule has 0 N–H and O–H groups in total. The van der Waals surface area contributed by atoms with Crippen LogP contribution in [0.2, 0.25) is 36.3 Å². The molecule has 1 aliphatic heterocycles. The van der Waals surface area contributed by atoms with Crippen molar-refractivity contribution in [3.63, 3.8) is 0 Å². The van der Waals surface area contributed by atoms with E-state index in [4.69, 9.17) is 23.1 Å². The lowest BCUT2D eigenvalue weighted by Crippen LogP contribution is -2.52. The molecule has 0 radical (unpaired) electrons. The van der Waals surface area contributed by atoms with E-state index in [-0.39, 0.29) is 59.0 Å². The zero-order valence-corrected chi connectivity index (χ0v) is 34.1. The smallest absolute Gasteiger partial charge is 0.192 e. The highest BCUT2D eigenvalue weighted by Crippen LogP contribution is 2.44. The molecule has 1 saturated heterocycles. The minimum atomic E-state index is -1.99. The van der Waals surface area contributed by atoms with Gasteiger partial charge in [-0.25, -0.2) is 0 Å². The third-order valence-electron chi connectivity index (χ3n) is 11.7. The number of aldehydes is 1. The monoisotopic (exact) mass is 678 g/mol. The molecule has 1 aromatic carbocycles. The number of hydrogen-bond acceptors (Lipinski definition) is 6. The molecule has 1 heterocycles. The SMILES string of the molecule is CC[C@@H](O[Si](C)(C)C(C)(C)C)[C@H](C)[C@@H]1O[C@H](c2ccc(OC)cc2)O[C@@H]([C@H](C)C[C@H](C)[C@H](O[Si](CC)(CC)CC)[C@@H](C)C=O)[C@@H]1C. The van der Waals surface area contributed by atoms with E-state index in [1.807, 2.05) is 19.1 Å². The van der Waals surface area contributed by atoms with E-state index < -0.39 is 22.9 Å². The number of methoxy groups -OCH3 is 1. The highest BCUT2D eigenvalue weighted by atomic mass is 28.4. The van der Waals surface area contributed by atoms with E-state index >= 15 is 0 Å². The quantitative estimate of drug-likeness (QED) is 0.114. The molecule has 2 rings (SSSR count). The summed E-state index contributed by atoms with van der Waals surface area (Å²) in [4.78, 5) is 12.1. The van der Waals surface area contributed by atoms with E-state index in [0.717, 1.165) is 48.6 Å². The molecule has 0 aromatic heterocycles. The van der Waals surface area contributed by atoms with Crippen molar-refractivity contribution in [3.05, 3.63) is 29.8 Å². The molecule has 46 heavy (non-hydrogen) atoms. The second-order valence-electron chi connectivity index (χ2n) is 15.9. The number of carbonyl (C=O) groups is 1. The van der Waals surface area contributed by atoms with Gasteiger partial charge in [0.05, 0.1) is 25.4 Å². The summed E-state index contributed by atoms with van der Waals surface area (Å²) in [6, 6.07) is 11.3. The highest BCUT2D eigenvalue weighted by molar-refractivity contribution is 6.74. The Morgan fingerprint density at radius 2 is 1.43 bits per heavy atom. The number of ether oxygens (including phenoxy) is 3. The Labute approximate surface area is 285 Å². The zero-order chi connectivity index (χ0) is 35.0. The van der Waals surface area contributed by atoms with E-state index in [9.17, 15) is 4.79 Å². The zero-order valence-electron chi connectivity index (χ0n) is 32.1. The van der Waals surface area contributed by atoms with Crippen molar-refractivity contribution >= 4 is 22.9 Å². The Hall–Kier alpha value is -1.04. The molecule has 1 aliphatic rings. The van der Waals surface area contributed by atoms with E-state index in [1.54, 1.807) is 7.11 Å². The van der Waals surface area contributed by atoms with Gasteiger partial charge in [0.2, 0.25) is 0 Å². The summed E-state index contributed by atoms with van der Waals surface area (Å²) in [5, 5.41) is 0.131. The molecule has 1 fully saturated rings. The van der Waals surface area contributed by atoms with Gasteiger partial charge in [0.1, 0.15) is 12.0 Å². The van der Waals surface area contributed by atoms with Crippen molar-refractivity contribution in [2.24, 2.45) is 29.6 Å². The molecule has 0 aliphatic carbocycles. The standard InChI is InChI=1S/C38H70O6Si2/c1-16-33(43-45(14,15)38(10,11)12)29(8)36-30(9)35(41-37(42-36)31-20-22-32(40-13)23-21-31)27(6)24-26(5)34(28(7)25-39)44-46(17-2,18-3)19-4/h20-23,25-30,33-37H,16-19,24H2,1-15H3/t26-,27+,28-,29-,30-,33+,34-,35-,36-,37+/m0/s1. The van der Waals surface area contributed by atoms with E-state index in [1.165, 1.54) is 0 Å². The summed E-state index contributed by atoms with van der Waals surface area (Å²) >= 11 is 0. The fraction of sp³-hybridized carbons (Fsp3) is 0.816. The van der Waals surface area contributed by atoms with Crippen LogP contribution in [-0.4, -0.2) is 54.4 Å². The van der Waals surface area contributed by atoms with Crippen molar-refractivity contribution < 1.29 is 27.9 Å². The molecule has 0 bridgehead atoms. The number of hydrogen-bond donors (Lipinski definition) is 0. The maximum absolute atomic E-state index is 12.1. The fourth-order valence-corrected chi connectivity index (χ4v) is 11.7. The summed E-state index contributed by atoms with van der Waals surface area (Å²) < 4.78 is 33.3. The predicted octanol–water partition coefficient (Wildman–Crippen LogP) is 10.4. The Morgan fingerprint density at radius 1 is 0.891 bits per heavy atom. The lowest BCUT2D eigenvalue weighted by Gasteiger charge is -2.48. The molecule has 8 heteroatoms. The average Bonchev–Trinajstić information content (AvgIpc) is 3.03. The molecule has 0 spiro atoms. The largest absolute Gasteiger partial charge is 0.497 e. The number of carbonyl (C=O) groups excluding carboxylic acids is 1. The first-order valence-corrected chi connectivity index (χ1v) is 23.6. The minimum Gasteiger partial charge on any atom is -0.497 e. The van der Waals surface area contributed by atoms with Crippen LogP contribution in [0.1, 0.15) is 108 Å². The summed E-state index contributed by atoms with van der Waals surface area (Å²) in [5.41, 5.74) is 0.994. The molecule has 0 amide bonds. The Kier molecular flexibility index (Phi) is 15.7. The van der Waals surface area contributed by atoms with Crippen LogP contribution in [-0.2, 0) is 23.1 Å². The van der Waals surface area contributed by atoms with Crippen LogP contribution in [0.25, 0.3) is 0 Å². The van der Waals surface area contributed by atoms with Crippen LogP contribution >= 0.6 is 0 Å². The van der Waals surface area contributed by atoms with Gasteiger partial charge >= 0.3 is 0 Å². The van der Waals surface area contributed by atoms with Gasteiger partial charge in [0.15, 0.2) is 22.9 Å². The summed E-state index contributed by atoms with van der Waals surface area (Å²) in [6.07, 6.45) is 2.39. The fourth-order valence-electron chi connectivity index (χ4n) is 7.22. The molecular formula is C38H70O6Si2. The Bertz CT molecular complexity index is 1030. The van der Waals surface area contributed by atoms with Crippen molar-refractivity contribution in [2.45, 2.75) is 163 Å². The van der Waals surface area contributed by atoms with Crippen LogP contribution in [0.5, 0.6) is 5.75 Å². The van der Waals surface area contributed by atoms with Crippen molar-refractivity contribution in [1.82, 2.24) is 0 Å². The third kappa shape index (κ3) is 10.0. The molecule has 0 saturated carbocycles. The van der Waals surface area contributed by atoms with Crippen molar-refractivity contribution in [1.29, 1.82) is 0 Å². The molecule has 10 atom stereocenters. The van der Waals surface area contributed by atoms with Crippen LogP contribution in [0.4, 0.5) is 0 Å². The van der Waals surface area contributed by atoms with E-state index in [0.29, 0.717) is 0 Å². The highest BCUT2D eigenvalue weighted by Gasteiger charge is 2.47. The van der Waals surface area contributed by atoms with Gasteiger partial charge in [-0.1, -0.05) is 95.2 Å². The van der Waals surface area contributed by atoms with Crippen LogP contribution in [0, 0.1) is 29.6 Å². The van der Waals surface area contributed by atoms with Crippen LogP contribution in [0.3, 0.4) is 0 Å². The van der Waals surface area contributed by atoms with Crippen molar-refractivity contribution in [2.75, 3.05) is 7.11 Å². The summed E-state index contributed by atoms with van der Waals surface area (Å²) in [6.45, 7) is 31.8. The minimum absolute atomic E-state index is 0.0288. The van der Waals surface area contributed by atoms with Gasteiger partial charge in [-0.3, -0.25) is 0 Å². The van der Waals surface area contributed by atoms with Gasteiger partial charge < -0.3 is 27.9 Å². The maximum atomic E-state index is 12.1. The Balaban J connectivity index is 2.44. The Morgan fingerprint density at radius 3 is 1.89 bits per heavy atom. The maximum Gasteiger partial charge on any atom is 0.192 e. The second-order valence-corrected chi connectivity index (χ2v) is 25.3. The first kappa shape index (κ1) is 41.1.